The molecule has 1 aromatic heterocycles. The molecule has 0 spiro atoms. The van der Waals surface area contributed by atoms with Crippen LogP contribution in [0.2, 0.25) is 0 Å². The van der Waals surface area contributed by atoms with Crippen molar-refractivity contribution in [3.05, 3.63) is 106 Å². The van der Waals surface area contributed by atoms with Crippen LogP contribution in [0.3, 0.4) is 0 Å². The zero-order valence-corrected chi connectivity index (χ0v) is 23.5. The maximum Gasteiger partial charge on any atom is 0.264 e. The maximum absolute atomic E-state index is 13.4. The van der Waals surface area contributed by atoms with Crippen molar-refractivity contribution in [2.75, 3.05) is 18.0 Å². The van der Waals surface area contributed by atoms with E-state index in [2.05, 4.69) is 31.0 Å². The number of rotatable bonds is 9. The number of anilines is 1. The van der Waals surface area contributed by atoms with E-state index >= 15 is 0 Å². The molecule has 0 saturated heterocycles. The minimum absolute atomic E-state index is 0.0760. The summed E-state index contributed by atoms with van der Waals surface area (Å²) in [5.74, 6) is -0.0160. The van der Waals surface area contributed by atoms with E-state index in [1.807, 2.05) is 44.2 Å². The number of sulfonamides is 1. The van der Waals surface area contributed by atoms with Gasteiger partial charge < -0.3 is 9.30 Å². The van der Waals surface area contributed by atoms with Crippen molar-refractivity contribution >= 4 is 43.8 Å². The number of amides is 1. The molecule has 10 heteroatoms. The lowest BCUT2D eigenvalue weighted by atomic mass is 10.2. The first-order valence-electron chi connectivity index (χ1n) is 11.7. The fourth-order valence-corrected chi connectivity index (χ4v) is 5.88. The van der Waals surface area contributed by atoms with Crippen LogP contribution >= 0.6 is 15.9 Å². The number of carbonyl (C=O) groups is 1. The summed E-state index contributed by atoms with van der Waals surface area (Å²) < 4.78 is 36.1. The lowest BCUT2D eigenvalue weighted by Crippen LogP contribution is -2.39. The number of halogens is 1. The fourth-order valence-electron chi connectivity index (χ4n) is 4.05. The Hall–Kier alpha value is -3.89. The van der Waals surface area contributed by atoms with Gasteiger partial charge in [-0.1, -0.05) is 40.2 Å². The van der Waals surface area contributed by atoms with Gasteiger partial charge in [-0.15, -0.1) is 0 Å². The van der Waals surface area contributed by atoms with Crippen molar-refractivity contribution in [3.8, 4) is 11.4 Å². The molecular weight excluding hydrogens is 568 g/mol. The summed E-state index contributed by atoms with van der Waals surface area (Å²) in [5, 5.41) is 4.11. The molecule has 196 valence electrons. The Morgan fingerprint density at radius 1 is 1.03 bits per heavy atom. The Morgan fingerprint density at radius 2 is 1.74 bits per heavy atom. The molecule has 0 aliphatic rings. The number of nitrogens with zero attached hydrogens (tertiary/aromatic N) is 3. The van der Waals surface area contributed by atoms with Gasteiger partial charge >= 0.3 is 0 Å². The molecule has 0 radical (unpaired) electrons. The molecule has 8 nitrogen and oxygen atoms in total. The van der Waals surface area contributed by atoms with Crippen LogP contribution in [0.15, 0.2) is 99.4 Å². The number of benzene rings is 3. The van der Waals surface area contributed by atoms with Gasteiger partial charge in [-0.2, -0.15) is 5.10 Å². The van der Waals surface area contributed by atoms with Crippen LogP contribution < -0.4 is 14.5 Å². The second-order valence-corrected chi connectivity index (χ2v) is 11.2. The van der Waals surface area contributed by atoms with E-state index in [1.54, 1.807) is 48.7 Å². The fraction of sp³-hybridized carbons (Fsp3) is 0.143. The highest BCUT2D eigenvalue weighted by molar-refractivity contribution is 9.10. The molecule has 0 saturated carbocycles. The molecule has 0 aliphatic heterocycles. The van der Waals surface area contributed by atoms with Crippen LogP contribution in [0.25, 0.3) is 5.69 Å². The molecule has 4 aromatic rings. The van der Waals surface area contributed by atoms with Crippen LogP contribution in [-0.4, -0.2) is 38.8 Å². The number of methoxy groups -OCH3 is 1. The quantitative estimate of drug-likeness (QED) is 0.213. The van der Waals surface area contributed by atoms with Gasteiger partial charge in [0.1, 0.15) is 12.3 Å². The van der Waals surface area contributed by atoms with Gasteiger partial charge in [0.2, 0.25) is 0 Å². The van der Waals surface area contributed by atoms with Crippen molar-refractivity contribution in [2.45, 2.75) is 18.7 Å². The van der Waals surface area contributed by atoms with Crippen LogP contribution in [-0.2, 0) is 14.8 Å². The van der Waals surface area contributed by atoms with Crippen molar-refractivity contribution < 1.29 is 17.9 Å². The van der Waals surface area contributed by atoms with Gasteiger partial charge in [0.25, 0.3) is 15.9 Å². The summed E-state index contributed by atoms with van der Waals surface area (Å²) in [6.45, 7) is 3.50. The number of hydrogen-bond donors (Lipinski definition) is 1. The first-order valence-corrected chi connectivity index (χ1v) is 13.9. The van der Waals surface area contributed by atoms with E-state index in [0.29, 0.717) is 11.4 Å². The van der Waals surface area contributed by atoms with E-state index in [0.717, 1.165) is 31.4 Å². The Kier molecular flexibility index (Phi) is 8.33. The molecule has 0 bridgehead atoms. The van der Waals surface area contributed by atoms with Crippen molar-refractivity contribution in [3.63, 3.8) is 0 Å². The highest BCUT2D eigenvalue weighted by atomic mass is 79.9. The largest absolute Gasteiger partial charge is 0.497 e. The van der Waals surface area contributed by atoms with E-state index in [9.17, 15) is 13.2 Å². The van der Waals surface area contributed by atoms with Gasteiger partial charge in [-0.05, 0) is 74.5 Å². The molecule has 0 atom stereocenters. The monoisotopic (exact) mass is 594 g/mol. The van der Waals surface area contributed by atoms with E-state index in [-0.39, 0.29) is 4.90 Å². The van der Waals surface area contributed by atoms with Gasteiger partial charge in [0, 0.05) is 27.1 Å². The molecule has 1 heterocycles. The second kappa shape index (κ2) is 11.7. The summed E-state index contributed by atoms with van der Waals surface area (Å²) in [4.78, 5) is 12.9. The molecule has 3 aromatic carbocycles. The van der Waals surface area contributed by atoms with Crippen LogP contribution in [0.1, 0.15) is 17.0 Å². The van der Waals surface area contributed by atoms with Gasteiger partial charge in [0.15, 0.2) is 0 Å². The second-order valence-electron chi connectivity index (χ2n) is 8.46. The lowest BCUT2D eigenvalue weighted by Gasteiger charge is -2.23. The number of nitrogens with one attached hydrogen (secondary N) is 1. The van der Waals surface area contributed by atoms with E-state index in [4.69, 9.17) is 4.74 Å². The predicted octanol–water partition coefficient (Wildman–Crippen LogP) is 5.21. The van der Waals surface area contributed by atoms with Crippen molar-refractivity contribution in [2.24, 2.45) is 5.10 Å². The lowest BCUT2D eigenvalue weighted by molar-refractivity contribution is -0.119. The molecule has 0 aliphatic carbocycles. The first kappa shape index (κ1) is 27.2. The van der Waals surface area contributed by atoms with Gasteiger partial charge in [-0.25, -0.2) is 13.8 Å². The Morgan fingerprint density at radius 3 is 2.39 bits per heavy atom. The van der Waals surface area contributed by atoms with Gasteiger partial charge in [0.05, 0.1) is 23.9 Å². The van der Waals surface area contributed by atoms with E-state index in [1.165, 1.54) is 19.2 Å². The number of carbonyl (C=O) groups excluding carboxylic acids is 1. The minimum atomic E-state index is -4.02. The molecular formula is C28H27BrN4O4S. The molecule has 1 amide bonds. The van der Waals surface area contributed by atoms with Crippen molar-refractivity contribution in [1.29, 1.82) is 0 Å². The molecule has 0 fully saturated rings. The highest BCUT2D eigenvalue weighted by Crippen LogP contribution is 2.26. The topological polar surface area (TPSA) is 93.0 Å². The summed E-state index contributed by atoms with van der Waals surface area (Å²) >= 11 is 3.51. The molecule has 38 heavy (non-hydrogen) atoms. The summed E-state index contributed by atoms with van der Waals surface area (Å²) in [6.07, 6.45) is 1.55. The molecule has 1 N–H and O–H groups in total. The zero-order chi connectivity index (χ0) is 27.3. The van der Waals surface area contributed by atoms with E-state index < -0.39 is 22.5 Å². The summed E-state index contributed by atoms with van der Waals surface area (Å²) in [7, 11) is -2.49. The number of aryl methyl sites for hydroxylation is 1. The van der Waals surface area contributed by atoms with Gasteiger partial charge in [-0.3, -0.25) is 9.10 Å². The highest BCUT2D eigenvalue weighted by Gasteiger charge is 2.27. The minimum Gasteiger partial charge on any atom is -0.497 e. The third kappa shape index (κ3) is 5.98. The average molecular weight is 596 g/mol. The SMILES string of the molecule is COc1ccc(N(CC(=O)N/N=C\c2cc(C)n(-c3cccc(Br)c3)c2C)S(=O)(=O)c2ccccc2)cc1. The average Bonchev–Trinajstić information content (AvgIpc) is 3.20. The number of hydrazone groups is 1. The standard InChI is InChI=1S/C28H27BrN4O4S/c1-20-16-22(21(2)33(20)25-9-7-8-23(29)17-25)18-30-31-28(34)19-32(24-12-14-26(37-3)15-13-24)38(35,36)27-10-5-4-6-11-27/h4-18H,19H2,1-3H3,(H,31,34)/b30-18-. The normalized spacial score (nSPS) is 11.5. The number of aromatic nitrogens is 1. The maximum atomic E-state index is 13.4. The number of ether oxygens (including phenoxy) is 1. The third-order valence-electron chi connectivity index (χ3n) is 5.91. The smallest absolute Gasteiger partial charge is 0.264 e. The van der Waals surface area contributed by atoms with Crippen LogP contribution in [0.5, 0.6) is 5.75 Å². The van der Waals surface area contributed by atoms with Crippen LogP contribution in [0.4, 0.5) is 5.69 Å². The number of hydrogen-bond acceptors (Lipinski definition) is 5. The molecule has 4 rings (SSSR count). The van der Waals surface area contributed by atoms with Crippen molar-refractivity contribution in [1.82, 2.24) is 9.99 Å². The third-order valence-corrected chi connectivity index (χ3v) is 8.19. The Labute approximate surface area is 230 Å². The van der Waals surface area contributed by atoms with Crippen LogP contribution in [0, 0.1) is 13.8 Å². The Balaban J connectivity index is 1.55. The first-order chi connectivity index (χ1) is 18.2. The summed E-state index contributed by atoms with van der Waals surface area (Å²) in [5.41, 5.74) is 6.57. The predicted molar refractivity (Wildman–Crippen MR) is 153 cm³/mol. The Bertz CT molecular complexity index is 1570. The summed E-state index contributed by atoms with van der Waals surface area (Å²) in [6, 6.07) is 24.3. The zero-order valence-electron chi connectivity index (χ0n) is 21.1. The molecule has 0 unspecified atom stereocenters.